The predicted octanol–water partition coefficient (Wildman–Crippen LogP) is 7.01. The van der Waals surface area contributed by atoms with E-state index in [-0.39, 0.29) is 53.7 Å². The molecule has 0 spiro atoms. The number of aromatic nitrogens is 2. The quantitative estimate of drug-likeness (QED) is 0.158. The van der Waals surface area contributed by atoms with E-state index in [1.807, 2.05) is 19.9 Å². The molecule has 7 nitrogen and oxygen atoms in total. The fourth-order valence-electron chi connectivity index (χ4n) is 4.99. The van der Waals surface area contributed by atoms with E-state index in [0.29, 0.717) is 12.2 Å². The summed E-state index contributed by atoms with van der Waals surface area (Å²) in [7, 11) is 0. The van der Waals surface area contributed by atoms with Crippen LogP contribution in [-0.2, 0) is 11.4 Å². The van der Waals surface area contributed by atoms with Crippen LogP contribution in [0.2, 0.25) is 0 Å². The summed E-state index contributed by atoms with van der Waals surface area (Å²) in [6.07, 6.45) is -0.292. The third-order valence-corrected chi connectivity index (χ3v) is 7.08. The highest BCUT2D eigenvalue weighted by Crippen LogP contribution is 2.31. The van der Waals surface area contributed by atoms with Gasteiger partial charge in [-0.15, -0.1) is 0 Å². The Morgan fingerprint density at radius 3 is 2.40 bits per heavy atom. The molecule has 4 rings (SSSR count). The van der Waals surface area contributed by atoms with Gasteiger partial charge in [0.05, 0.1) is 11.3 Å². The predicted molar refractivity (Wildman–Crippen MR) is 152 cm³/mol. The smallest absolute Gasteiger partial charge is 0.270 e. The number of Topliss-reactive ketones (excluding diaryl/α,β-unsaturated/α-hetero) is 1. The van der Waals surface area contributed by atoms with Gasteiger partial charge in [-0.2, -0.15) is 0 Å². The highest BCUT2D eigenvalue weighted by atomic mass is 19.3. The zero-order valence-electron chi connectivity index (χ0n) is 24.1. The Balaban J connectivity index is 1.53. The Labute approximate surface area is 246 Å². The van der Waals surface area contributed by atoms with Crippen molar-refractivity contribution < 1.29 is 36.6 Å². The first-order valence-corrected chi connectivity index (χ1v) is 13.9. The number of hydrogen-bond acceptors (Lipinski definition) is 5. The summed E-state index contributed by atoms with van der Waals surface area (Å²) in [4.78, 5) is 30.6. The Morgan fingerprint density at radius 2 is 1.74 bits per heavy atom. The molecule has 228 valence electrons. The number of nitrogens with zero attached hydrogens (tertiary/aromatic N) is 2. The molecule has 0 saturated heterocycles. The number of pyridine rings is 1. The largest absolute Gasteiger partial charge is 0.486 e. The summed E-state index contributed by atoms with van der Waals surface area (Å²) >= 11 is 0. The maximum absolute atomic E-state index is 14.1. The number of hydrogen-bond donors (Lipinski definition) is 1. The van der Waals surface area contributed by atoms with E-state index in [9.17, 15) is 27.2 Å². The average Bonchev–Trinajstić information content (AvgIpc) is 3.31. The van der Waals surface area contributed by atoms with Crippen LogP contribution in [0.25, 0.3) is 5.65 Å². The molecule has 43 heavy (non-hydrogen) atoms. The van der Waals surface area contributed by atoms with Gasteiger partial charge in [0.15, 0.2) is 17.2 Å². The van der Waals surface area contributed by atoms with Gasteiger partial charge in [-0.3, -0.25) is 14.0 Å². The van der Waals surface area contributed by atoms with E-state index in [1.165, 1.54) is 10.5 Å². The molecule has 2 aromatic heterocycles. The van der Waals surface area contributed by atoms with Gasteiger partial charge in [-0.1, -0.05) is 44.5 Å². The monoisotopic (exact) mass is 599 g/mol. The van der Waals surface area contributed by atoms with E-state index in [4.69, 9.17) is 9.47 Å². The lowest BCUT2D eigenvalue weighted by atomic mass is 9.80. The summed E-state index contributed by atoms with van der Waals surface area (Å²) in [5, 5.41) is 2.84. The van der Waals surface area contributed by atoms with E-state index in [1.54, 1.807) is 31.2 Å². The van der Waals surface area contributed by atoms with Crippen LogP contribution in [0.3, 0.4) is 0 Å². The van der Waals surface area contributed by atoms with Crippen molar-refractivity contribution in [3.8, 4) is 11.5 Å². The van der Waals surface area contributed by atoms with E-state index in [2.05, 4.69) is 10.3 Å². The average molecular weight is 600 g/mol. The van der Waals surface area contributed by atoms with Gasteiger partial charge in [0, 0.05) is 24.7 Å². The second-order valence-electron chi connectivity index (χ2n) is 10.7. The third-order valence-electron chi connectivity index (χ3n) is 7.08. The minimum atomic E-state index is -2.92. The van der Waals surface area contributed by atoms with Gasteiger partial charge in [0.2, 0.25) is 0 Å². The number of fused-ring (bicyclic) bond motifs is 1. The van der Waals surface area contributed by atoms with Crippen molar-refractivity contribution in [2.45, 2.75) is 53.1 Å². The first-order chi connectivity index (χ1) is 20.5. The van der Waals surface area contributed by atoms with Crippen LogP contribution in [-0.4, -0.2) is 34.2 Å². The number of carbonyl (C=O) groups is 2. The Bertz CT molecular complexity index is 1570. The molecule has 0 fully saturated rings. The van der Waals surface area contributed by atoms with Crippen LogP contribution in [0.4, 0.5) is 17.6 Å². The number of alkyl halides is 2. The highest BCUT2D eigenvalue weighted by molar-refractivity contribution is 5.95. The molecule has 0 radical (unpaired) electrons. The molecule has 1 N–H and O–H groups in total. The fourth-order valence-corrected chi connectivity index (χ4v) is 4.99. The minimum absolute atomic E-state index is 0.00277. The van der Waals surface area contributed by atoms with Crippen LogP contribution in [0.5, 0.6) is 11.5 Å². The number of para-hydroxylation sites is 1. The normalized spacial score (nSPS) is 12.7. The molecular formula is C32H33F4N3O4. The second kappa shape index (κ2) is 13.7. The molecule has 0 aliphatic carbocycles. The lowest BCUT2D eigenvalue weighted by Gasteiger charge is -2.29. The Kier molecular flexibility index (Phi) is 10.1. The van der Waals surface area contributed by atoms with Gasteiger partial charge in [-0.05, 0) is 49.1 Å². The number of aryl methyl sites for hydroxylation is 1. The lowest BCUT2D eigenvalue weighted by molar-refractivity contribution is -0.123. The molecule has 11 heteroatoms. The summed E-state index contributed by atoms with van der Waals surface area (Å²) < 4.78 is 68.3. The van der Waals surface area contributed by atoms with Gasteiger partial charge >= 0.3 is 0 Å². The first-order valence-electron chi connectivity index (χ1n) is 13.9. The van der Waals surface area contributed by atoms with Gasteiger partial charge < -0.3 is 14.8 Å². The van der Waals surface area contributed by atoms with Crippen LogP contribution in [0.1, 0.15) is 66.8 Å². The molecular weight excluding hydrogens is 566 g/mol. The Hall–Kier alpha value is -4.41. The van der Waals surface area contributed by atoms with Crippen LogP contribution in [0.15, 0.2) is 60.8 Å². The molecule has 1 unspecified atom stereocenters. The number of carbonyl (C=O) groups excluding carboxylic acids is 2. The SMILES string of the molecule is CCCC(C)(CNC(=O)c1c(C)nc2c(OCc3c(F)cccc3F)cc(C(F)F)cn12)CC(=O)COc1ccccc1. The maximum atomic E-state index is 14.1. The van der Waals surface area contributed by atoms with E-state index < -0.39 is 41.6 Å². The number of amides is 1. The number of imidazole rings is 1. The molecule has 0 bridgehead atoms. The summed E-state index contributed by atoms with van der Waals surface area (Å²) in [6, 6.07) is 13.3. The number of nitrogens with one attached hydrogen (secondary N) is 1. The standard InChI is InChI=1S/C32H33F4N3O4/c1-4-13-32(3,15-22(40)17-42-23-9-6-5-7-10-23)19-37-31(41)28-20(2)38-30-27(14-21(29(35)36)16-39(28)30)43-18-24-25(33)11-8-12-26(24)34/h5-12,14,16,29H,4,13,15,17-19H2,1-3H3,(H,37,41). The molecule has 0 aliphatic heterocycles. The van der Waals surface area contributed by atoms with Crippen molar-refractivity contribution in [1.29, 1.82) is 0 Å². The first kappa shape index (κ1) is 31.5. The topological polar surface area (TPSA) is 81.9 Å². The minimum Gasteiger partial charge on any atom is -0.486 e. The number of halogens is 4. The van der Waals surface area contributed by atoms with Crippen molar-refractivity contribution in [3.05, 3.63) is 94.9 Å². The van der Waals surface area contributed by atoms with Gasteiger partial charge in [-0.25, -0.2) is 22.5 Å². The molecule has 1 atom stereocenters. The zero-order chi connectivity index (χ0) is 31.1. The van der Waals surface area contributed by atoms with Crippen LogP contribution in [0, 0.1) is 24.0 Å². The molecule has 0 saturated carbocycles. The summed E-state index contributed by atoms with van der Waals surface area (Å²) in [6.45, 7) is 4.85. The number of ether oxygens (including phenoxy) is 2. The van der Waals surface area contributed by atoms with Crippen molar-refractivity contribution >= 4 is 17.3 Å². The van der Waals surface area contributed by atoms with E-state index in [0.717, 1.165) is 30.8 Å². The maximum Gasteiger partial charge on any atom is 0.270 e. The fraction of sp³-hybridized carbons (Fsp3) is 0.344. The second-order valence-corrected chi connectivity index (χ2v) is 10.7. The number of benzene rings is 2. The molecule has 2 heterocycles. The Morgan fingerprint density at radius 1 is 1.05 bits per heavy atom. The summed E-state index contributed by atoms with van der Waals surface area (Å²) in [5.74, 6) is -1.99. The van der Waals surface area contributed by atoms with Crippen molar-refractivity contribution in [2.24, 2.45) is 5.41 Å². The van der Waals surface area contributed by atoms with Crippen LogP contribution >= 0.6 is 0 Å². The molecule has 1 amide bonds. The molecule has 0 aliphatic rings. The third kappa shape index (κ3) is 7.71. The van der Waals surface area contributed by atoms with Crippen molar-refractivity contribution in [2.75, 3.05) is 13.2 Å². The molecule has 4 aromatic rings. The van der Waals surface area contributed by atoms with Crippen molar-refractivity contribution in [3.63, 3.8) is 0 Å². The number of ketones is 1. The van der Waals surface area contributed by atoms with Crippen LogP contribution < -0.4 is 14.8 Å². The zero-order valence-corrected chi connectivity index (χ0v) is 24.1. The van der Waals surface area contributed by atoms with Gasteiger partial charge in [0.25, 0.3) is 12.3 Å². The summed E-state index contributed by atoms with van der Waals surface area (Å²) in [5.41, 5.74) is -1.17. The van der Waals surface area contributed by atoms with Gasteiger partial charge in [0.1, 0.15) is 36.3 Å². The highest BCUT2D eigenvalue weighted by Gasteiger charge is 2.29. The van der Waals surface area contributed by atoms with E-state index >= 15 is 0 Å². The molecule has 2 aromatic carbocycles. The lowest BCUT2D eigenvalue weighted by Crippen LogP contribution is -2.38. The number of rotatable bonds is 14. The van der Waals surface area contributed by atoms with Crippen molar-refractivity contribution in [1.82, 2.24) is 14.7 Å².